The first-order valence-corrected chi connectivity index (χ1v) is 7.81. The first-order chi connectivity index (χ1) is 8.77. The van der Waals surface area contributed by atoms with Crippen LogP contribution in [0.2, 0.25) is 0 Å². The van der Waals surface area contributed by atoms with Crippen molar-refractivity contribution in [3.63, 3.8) is 0 Å². The maximum atomic E-state index is 5.92. The fourth-order valence-corrected chi connectivity index (χ4v) is 3.49. The van der Waals surface area contributed by atoms with E-state index in [-0.39, 0.29) is 0 Å². The molecular weight excluding hydrogens is 288 g/mol. The van der Waals surface area contributed by atoms with Gasteiger partial charge in [0, 0.05) is 34.9 Å². The molecule has 2 rings (SSSR count). The highest BCUT2D eigenvalue weighted by Gasteiger charge is 2.23. The fourth-order valence-electron chi connectivity index (χ4n) is 2.97. The van der Waals surface area contributed by atoms with E-state index in [1.807, 2.05) is 0 Å². The van der Waals surface area contributed by atoms with Crippen LogP contribution in [0.25, 0.3) is 0 Å². The van der Waals surface area contributed by atoms with E-state index in [1.165, 1.54) is 49.9 Å². The molecular formula is C15H23BrN2. The highest BCUT2D eigenvalue weighted by Crippen LogP contribution is 2.33. The lowest BCUT2D eigenvalue weighted by Gasteiger charge is -2.39. The molecule has 0 spiro atoms. The van der Waals surface area contributed by atoms with Crippen LogP contribution in [0.4, 0.5) is 5.69 Å². The smallest absolute Gasteiger partial charge is 0.0425 e. The Morgan fingerprint density at radius 3 is 2.94 bits per heavy atom. The van der Waals surface area contributed by atoms with Crippen molar-refractivity contribution in [3.8, 4) is 0 Å². The summed E-state index contributed by atoms with van der Waals surface area (Å²) in [4.78, 5) is 2.58. The molecule has 0 aliphatic carbocycles. The first kappa shape index (κ1) is 13.9. The molecule has 3 heteroatoms. The number of nitrogens with two attached hydrogens (primary N) is 1. The van der Waals surface area contributed by atoms with Gasteiger partial charge in [-0.2, -0.15) is 0 Å². The Hall–Kier alpha value is -0.540. The van der Waals surface area contributed by atoms with E-state index in [2.05, 4.69) is 46.0 Å². The van der Waals surface area contributed by atoms with Crippen LogP contribution < -0.4 is 10.6 Å². The predicted octanol–water partition coefficient (Wildman–Crippen LogP) is 4.07. The average Bonchev–Trinajstić information content (AvgIpc) is 2.39. The number of piperidine rings is 1. The molecule has 1 heterocycles. The molecule has 0 amide bonds. The molecule has 1 atom stereocenters. The number of nitrogens with zero attached hydrogens (tertiary/aromatic N) is 1. The third-order valence-electron chi connectivity index (χ3n) is 3.86. The molecule has 0 aromatic heterocycles. The number of benzene rings is 1. The van der Waals surface area contributed by atoms with Crippen molar-refractivity contribution in [3.05, 3.63) is 28.2 Å². The van der Waals surface area contributed by atoms with E-state index < -0.39 is 0 Å². The van der Waals surface area contributed by atoms with Crippen LogP contribution in [0.15, 0.2) is 22.7 Å². The summed E-state index contributed by atoms with van der Waals surface area (Å²) in [6.07, 6.45) is 6.54. The lowest BCUT2D eigenvalue weighted by atomic mass is 9.96. The minimum absolute atomic E-state index is 0.603. The van der Waals surface area contributed by atoms with E-state index >= 15 is 0 Å². The molecule has 1 aliphatic rings. The first-order valence-electron chi connectivity index (χ1n) is 7.02. The molecule has 1 saturated heterocycles. The van der Waals surface area contributed by atoms with Gasteiger partial charge >= 0.3 is 0 Å². The Balaban J connectivity index is 2.30. The molecule has 1 aromatic carbocycles. The van der Waals surface area contributed by atoms with Gasteiger partial charge in [-0.3, -0.25) is 0 Å². The van der Waals surface area contributed by atoms with Crippen LogP contribution in [0, 0.1) is 0 Å². The van der Waals surface area contributed by atoms with Crippen molar-refractivity contribution in [2.75, 3.05) is 11.4 Å². The molecule has 1 unspecified atom stereocenters. The molecule has 1 aromatic rings. The van der Waals surface area contributed by atoms with Gasteiger partial charge in [0.2, 0.25) is 0 Å². The van der Waals surface area contributed by atoms with Crippen molar-refractivity contribution in [2.24, 2.45) is 5.73 Å². The topological polar surface area (TPSA) is 29.3 Å². The largest absolute Gasteiger partial charge is 0.368 e. The molecule has 1 aliphatic heterocycles. The minimum atomic E-state index is 0.603. The fraction of sp³-hybridized carbons (Fsp3) is 0.600. The SMILES string of the molecule is CCCC1CCCCN1c1cccc(Br)c1CN. The second kappa shape index (κ2) is 6.58. The van der Waals surface area contributed by atoms with Crippen molar-refractivity contribution >= 4 is 21.6 Å². The summed E-state index contributed by atoms with van der Waals surface area (Å²) in [6.45, 7) is 4.05. The predicted molar refractivity (Wildman–Crippen MR) is 81.9 cm³/mol. The molecule has 100 valence electrons. The maximum Gasteiger partial charge on any atom is 0.0425 e. The van der Waals surface area contributed by atoms with Crippen molar-refractivity contribution in [2.45, 2.75) is 51.6 Å². The number of rotatable bonds is 4. The third kappa shape index (κ3) is 2.89. The Labute approximate surface area is 119 Å². The van der Waals surface area contributed by atoms with Gasteiger partial charge in [0.25, 0.3) is 0 Å². The molecule has 0 bridgehead atoms. The van der Waals surface area contributed by atoms with Crippen LogP contribution in [0.5, 0.6) is 0 Å². The van der Waals surface area contributed by atoms with Crippen LogP contribution in [-0.2, 0) is 6.54 Å². The van der Waals surface area contributed by atoms with Gasteiger partial charge in [-0.05, 0) is 37.8 Å². The molecule has 1 fully saturated rings. The van der Waals surface area contributed by atoms with Crippen LogP contribution >= 0.6 is 15.9 Å². The minimum Gasteiger partial charge on any atom is -0.368 e. The van der Waals surface area contributed by atoms with Crippen LogP contribution in [0.3, 0.4) is 0 Å². The zero-order valence-corrected chi connectivity index (χ0v) is 12.7. The number of hydrogen-bond donors (Lipinski definition) is 1. The van der Waals surface area contributed by atoms with Crippen molar-refractivity contribution < 1.29 is 0 Å². The summed E-state index contributed by atoms with van der Waals surface area (Å²) in [7, 11) is 0. The van der Waals surface area contributed by atoms with Gasteiger partial charge in [-0.1, -0.05) is 35.3 Å². The Morgan fingerprint density at radius 2 is 2.22 bits per heavy atom. The molecule has 2 N–H and O–H groups in total. The summed E-state index contributed by atoms with van der Waals surface area (Å²) in [6, 6.07) is 7.13. The monoisotopic (exact) mass is 310 g/mol. The highest BCUT2D eigenvalue weighted by atomic mass is 79.9. The van der Waals surface area contributed by atoms with E-state index in [0.29, 0.717) is 12.6 Å². The Kier molecular flexibility index (Phi) is 5.07. The Bertz CT molecular complexity index is 390. The maximum absolute atomic E-state index is 5.92. The number of halogens is 1. The van der Waals surface area contributed by atoms with Crippen molar-refractivity contribution in [1.82, 2.24) is 0 Å². The van der Waals surface area contributed by atoms with Gasteiger partial charge in [-0.15, -0.1) is 0 Å². The number of hydrogen-bond acceptors (Lipinski definition) is 2. The molecule has 18 heavy (non-hydrogen) atoms. The van der Waals surface area contributed by atoms with Gasteiger partial charge < -0.3 is 10.6 Å². The lowest BCUT2D eigenvalue weighted by molar-refractivity contribution is 0.434. The lowest BCUT2D eigenvalue weighted by Crippen LogP contribution is -2.40. The van der Waals surface area contributed by atoms with Crippen molar-refractivity contribution in [1.29, 1.82) is 0 Å². The highest BCUT2D eigenvalue weighted by molar-refractivity contribution is 9.10. The second-order valence-electron chi connectivity index (χ2n) is 5.07. The Morgan fingerprint density at radius 1 is 1.39 bits per heavy atom. The van der Waals surface area contributed by atoms with Gasteiger partial charge in [0.1, 0.15) is 0 Å². The summed E-state index contributed by atoms with van der Waals surface area (Å²) >= 11 is 3.63. The molecule has 2 nitrogen and oxygen atoms in total. The standard InChI is InChI=1S/C15H23BrN2/c1-2-6-12-7-3-4-10-18(12)15-9-5-8-14(16)13(15)11-17/h5,8-9,12H,2-4,6-7,10-11,17H2,1H3. The van der Waals surface area contributed by atoms with Crippen LogP contribution in [-0.4, -0.2) is 12.6 Å². The molecule has 0 radical (unpaired) electrons. The zero-order valence-electron chi connectivity index (χ0n) is 11.2. The van der Waals surface area contributed by atoms with E-state index in [9.17, 15) is 0 Å². The number of anilines is 1. The quantitative estimate of drug-likeness (QED) is 0.908. The summed E-state index contributed by atoms with van der Waals surface area (Å²) in [5.74, 6) is 0. The zero-order chi connectivity index (χ0) is 13.0. The summed E-state index contributed by atoms with van der Waals surface area (Å²) in [5.41, 5.74) is 8.51. The van der Waals surface area contributed by atoms with E-state index in [0.717, 1.165) is 4.47 Å². The van der Waals surface area contributed by atoms with Gasteiger partial charge in [0.05, 0.1) is 0 Å². The van der Waals surface area contributed by atoms with Crippen LogP contribution in [0.1, 0.15) is 44.6 Å². The van der Waals surface area contributed by atoms with Gasteiger partial charge in [-0.25, -0.2) is 0 Å². The summed E-state index contributed by atoms with van der Waals surface area (Å²) < 4.78 is 1.14. The molecule has 0 saturated carbocycles. The normalized spacial score (nSPS) is 20.2. The second-order valence-corrected chi connectivity index (χ2v) is 5.93. The third-order valence-corrected chi connectivity index (χ3v) is 4.60. The summed E-state index contributed by atoms with van der Waals surface area (Å²) in [5, 5.41) is 0. The van der Waals surface area contributed by atoms with E-state index in [4.69, 9.17) is 5.73 Å². The van der Waals surface area contributed by atoms with Gasteiger partial charge in [0.15, 0.2) is 0 Å². The average molecular weight is 311 g/mol. The van der Waals surface area contributed by atoms with E-state index in [1.54, 1.807) is 0 Å².